The van der Waals surface area contributed by atoms with E-state index in [9.17, 15) is 9.59 Å². The quantitative estimate of drug-likeness (QED) is 0.845. The Balaban J connectivity index is 1.96. The lowest BCUT2D eigenvalue weighted by Gasteiger charge is -2.20. The molecule has 0 saturated heterocycles. The molecule has 0 spiro atoms. The monoisotopic (exact) mass is 297 g/mol. The molecule has 0 bridgehead atoms. The maximum Gasteiger partial charge on any atom is 0.324 e. The van der Waals surface area contributed by atoms with E-state index in [1.165, 1.54) is 16.2 Å². The molecule has 20 heavy (non-hydrogen) atoms. The van der Waals surface area contributed by atoms with Crippen LogP contribution in [0.4, 0.5) is 9.93 Å². The summed E-state index contributed by atoms with van der Waals surface area (Å²) in [5.41, 5.74) is 0.928. The highest BCUT2D eigenvalue weighted by Crippen LogP contribution is 2.30. The summed E-state index contributed by atoms with van der Waals surface area (Å²) in [4.78, 5) is 28.6. The molecule has 2 amide bonds. The van der Waals surface area contributed by atoms with Crippen LogP contribution in [0.15, 0.2) is 5.38 Å². The van der Waals surface area contributed by atoms with Crippen LogP contribution in [0.2, 0.25) is 0 Å². The van der Waals surface area contributed by atoms with E-state index < -0.39 is 5.97 Å². The van der Waals surface area contributed by atoms with E-state index in [0.29, 0.717) is 23.5 Å². The first-order valence-electron chi connectivity index (χ1n) is 6.69. The third-order valence-corrected chi connectivity index (χ3v) is 3.89. The maximum absolute atomic E-state index is 12.1. The highest BCUT2D eigenvalue weighted by atomic mass is 32.1. The lowest BCUT2D eigenvalue weighted by atomic mass is 10.2. The minimum Gasteiger partial charge on any atom is -0.480 e. The molecule has 1 aromatic rings. The van der Waals surface area contributed by atoms with Gasteiger partial charge in [0, 0.05) is 11.9 Å². The van der Waals surface area contributed by atoms with Gasteiger partial charge in [0.25, 0.3) is 0 Å². The van der Waals surface area contributed by atoms with Crippen molar-refractivity contribution in [1.82, 2.24) is 9.88 Å². The molecule has 1 saturated carbocycles. The molecule has 1 aliphatic carbocycles. The van der Waals surface area contributed by atoms with E-state index in [1.807, 2.05) is 19.2 Å². The van der Waals surface area contributed by atoms with E-state index in [0.717, 1.165) is 18.5 Å². The molecule has 1 aliphatic rings. The van der Waals surface area contributed by atoms with E-state index >= 15 is 0 Å². The molecule has 0 radical (unpaired) electrons. The summed E-state index contributed by atoms with van der Waals surface area (Å²) in [6, 6.07) is -0.385. The second-order valence-electron chi connectivity index (χ2n) is 5.38. The smallest absolute Gasteiger partial charge is 0.324 e. The van der Waals surface area contributed by atoms with Crippen LogP contribution in [-0.2, 0) is 4.79 Å². The number of amides is 2. The Bertz CT molecular complexity index is 497. The second kappa shape index (κ2) is 6.21. The van der Waals surface area contributed by atoms with Gasteiger partial charge >= 0.3 is 12.0 Å². The summed E-state index contributed by atoms with van der Waals surface area (Å²) >= 11 is 1.36. The second-order valence-corrected chi connectivity index (χ2v) is 6.24. The summed E-state index contributed by atoms with van der Waals surface area (Å²) in [7, 11) is 0. The van der Waals surface area contributed by atoms with Crippen molar-refractivity contribution in [3.05, 3.63) is 11.1 Å². The number of carboxylic acid groups (broad SMARTS) is 1. The third-order valence-electron chi connectivity index (χ3n) is 3.12. The number of aliphatic carboxylic acids is 1. The number of aromatic nitrogens is 1. The number of hydrogen-bond acceptors (Lipinski definition) is 4. The van der Waals surface area contributed by atoms with Crippen LogP contribution in [0, 0.1) is 5.92 Å². The molecule has 1 heterocycles. The molecule has 1 aromatic heterocycles. The van der Waals surface area contributed by atoms with Crippen molar-refractivity contribution in [2.24, 2.45) is 5.92 Å². The van der Waals surface area contributed by atoms with Gasteiger partial charge in [-0.05, 0) is 24.7 Å². The van der Waals surface area contributed by atoms with E-state index in [-0.39, 0.29) is 12.6 Å². The third kappa shape index (κ3) is 4.19. The van der Waals surface area contributed by atoms with Gasteiger partial charge in [-0.15, -0.1) is 11.3 Å². The molecule has 6 nitrogen and oxygen atoms in total. The molecule has 0 atom stereocenters. The average Bonchev–Trinajstić information content (AvgIpc) is 3.04. The SMILES string of the molecule is CC(C)c1csc(NC(=O)N(CC(=O)O)CC2CC2)n1. The number of carbonyl (C=O) groups excluding carboxylic acids is 1. The summed E-state index contributed by atoms with van der Waals surface area (Å²) < 4.78 is 0. The van der Waals surface area contributed by atoms with Crippen LogP contribution in [0.5, 0.6) is 0 Å². The Morgan fingerprint density at radius 1 is 1.55 bits per heavy atom. The molecule has 0 unspecified atom stereocenters. The standard InChI is InChI=1S/C13H19N3O3S/c1-8(2)10-7-20-12(14-10)15-13(19)16(6-11(17)18)5-9-3-4-9/h7-9H,3-6H2,1-2H3,(H,17,18)(H,14,15,19). The van der Waals surface area contributed by atoms with E-state index in [1.54, 1.807) is 0 Å². The molecule has 0 aromatic carbocycles. The average molecular weight is 297 g/mol. The van der Waals surface area contributed by atoms with Crippen molar-refractivity contribution in [2.45, 2.75) is 32.6 Å². The van der Waals surface area contributed by atoms with Crippen LogP contribution >= 0.6 is 11.3 Å². The van der Waals surface area contributed by atoms with Crippen LogP contribution in [-0.4, -0.2) is 40.1 Å². The van der Waals surface area contributed by atoms with Crippen molar-refractivity contribution >= 4 is 28.5 Å². The summed E-state index contributed by atoms with van der Waals surface area (Å²) in [5, 5.41) is 14.0. The van der Waals surface area contributed by atoms with Gasteiger partial charge in [-0.1, -0.05) is 13.8 Å². The predicted molar refractivity (Wildman–Crippen MR) is 77.2 cm³/mol. The molecule has 0 aliphatic heterocycles. The molecule has 7 heteroatoms. The van der Waals surface area contributed by atoms with Gasteiger partial charge in [0.05, 0.1) is 5.69 Å². The van der Waals surface area contributed by atoms with Crippen molar-refractivity contribution in [1.29, 1.82) is 0 Å². The number of hydrogen-bond donors (Lipinski definition) is 2. The van der Waals surface area contributed by atoms with Crippen LogP contribution in [0.25, 0.3) is 0 Å². The number of rotatable bonds is 6. The minimum absolute atomic E-state index is 0.273. The number of thiazole rings is 1. The Morgan fingerprint density at radius 2 is 2.25 bits per heavy atom. The molecule has 1 fully saturated rings. The Labute approximate surface area is 121 Å². The molecular weight excluding hydrogens is 278 g/mol. The van der Waals surface area contributed by atoms with Gasteiger partial charge in [0.1, 0.15) is 6.54 Å². The molecule has 2 N–H and O–H groups in total. The zero-order valence-corrected chi connectivity index (χ0v) is 12.4. The maximum atomic E-state index is 12.1. The lowest BCUT2D eigenvalue weighted by Crippen LogP contribution is -2.40. The van der Waals surface area contributed by atoms with Gasteiger partial charge in [-0.3, -0.25) is 10.1 Å². The fourth-order valence-electron chi connectivity index (χ4n) is 1.77. The fraction of sp³-hybridized carbons (Fsp3) is 0.615. The van der Waals surface area contributed by atoms with Crippen LogP contribution in [0.1, 0.15) is 38.3 Å². The van der Waals surface area contributed by atoms with Gasteiger partial charge in [-0.2, -0.15) is 0 Å². The Morgan fingerprint density at radius 3 is 2.75 bits per heavy atom. The van der Waals surface area contributed by atoms with E-state index in [2.05, 4.69) is 10.3 Å². The summed E-state index contributed by atoms with van der Waals surface area (Å²) in [5.74, 6) is -0.246. The van der Waals surface area contributed by atoms with Crippen molar-refractivity contribution < 1.29 is 14.7 Å². The number of nitrogens with one attached hydrogen (secondary N) is 1. The van der Waals surface area contributed by atoms with Crippen molar-refractivity contribution in [3.63, 3.8) is 0 Å². The zero-order valence-electron chi connectivity index (χ0n) is 11.6. The van der Waals surface area contributed by atoms with Crippen molar-refractivity contribution in [3.8, 4) is 0 Å². The van der Waals surface area contributed by atoms with Gasteiger partial charge in [-0.25, -0.2) is 9.78 Å². The van der Waals surface area contributed by atoms with Gasteiger partial charge in [0.15, 0.2) is 5.13 Å². The number of carbonyl (C=O) groups is 2. The normalized spacial score (nSPS) is 14.3. The zero-order chi connectivity index (χ0) is 14.7. The predicted octanol–water partition coefficient (Wildman–Crippen LogP) is 2.60. The molecule has 110 valence electrons. The topological polar surface area (TPSA) is 82.5 Å². The summed E-state index contributed by atoms with van der Waals surface area (Å²) in [6.07, 6.45) is 2.14. The Kier molecular flexibility index (Phi) is 4.59. The summed E-state index contributed by atoms with van der Waals surface area (Å²) in [6.45, 7) is 4.29. The fourth-order valence-corrected chi connectivity index (χ4v) is 2.64. The lowest BCUT2D eigenvalue weighted by molar-refractivity contribution is -0.137. The first-order chi connectivity index (χ1) is 9.45. The first kappa shape index (κ1) is 14.8. The first-order valence-corrected chi connectivity index (χ1v) is 7.56. The van der Waals surface area contributed by atoms with Crippen LogP contribution < -0.4 is 5.32 Å². The highest BCUT2D eigenvalue weighted by Gasteiger charge is 2.28. The number of urea groups is 1. The van der Waals surface area contributed by atoms with Crippen LogP contribution in [0.3, 0.4) is 0 Å². The van der Waals surface area contributed by atoms with Gasteiger partial charge < -0.3 is 10.0 Å². The molecular formula is C13H19N3O3S. The number of carboxylic acids is 1. The number of anilines is 1. The Hall–Kier alpha value is -1.63. The number of nitrogens with zero attached hydrogens (tertiary/aromatic N) is 2. The highest BCUT2D eigenvalue weighted by molar-refractivity contribution is 7.13. The minimum atomic E-state index is -0.997. The van der Waals surface area contributed by atoms with Crippen molar-refractivity contribution in [2.75, 3.05) is 18.4 Å². The van der Waals surface area contributed by atoms with Gasteiger partial charge in [0.2, 0.25) is 0 Å². The molecule has 2 rings (SSSR count). The largest absolute Gasteiger partial charge is 0.480 e. The van der Waals surface area contributed by atoms with E-state index in [4.69, 9.17) is 5.11 Å².